The van der Waals surface area contributed by atoms with Crippen molar-refractivity contribution in [2.24, 2.45) is 0 Å². The Morgan fingerprint density at radius 3 is 2.22 bits per heavy atom. The van der Waals surface area contributed by atoms with Crippen molar-refractivity contribution < 1.29 is 27.4 Å². The Hall–Kier alpha value is -3.29. The van der Waals surface area contributed by atoms with Crippen LogP contribution in [-0.4, -0.2) is 22.9 Å². The van der Waals surface area contributed by atoms with E-state index in [-0.39, 0.29) is 11.4 Å². The highest BCUT2D eigenvalue weighted by molar-refractivity contribution is 5.91. The number of aromatic nitrogens is 2. The van der Waals surface area contributed by atoms with E-state index in [1.807, 2.05) is 6.92 Å². The predicted molar refractivity (Wildman–Crippen MR) is 91.3 cm³/mol. The van der Waals surface area contributed by atoms with Crippen LogP contribution in [0.1, 0.15) is 21.6 Å². The maximum absolute atomic E-state index is 13.1. The van der Waals surface area contributed by atoms with Gasteiger partial charge in [0.1, 0.15) is 5.75 Å². The van der Waals surface area contributed by atoms with Gasteiger partial charge in [-0.3, -0.25) is 0 Å². The first-order valence-electron chi connectivity index (χ1n) is 7.88. The van der Waals surface area contributed by atoms with E-state index in [0.29, 0.717) is 17.5 Å². The van der Waals surface area contributed by atoms with Crippen molar-refractivity contribution in [3.8, 4) is 17.3 Å². The molecule has 2 aromatic carbocycles. The number of benzene rings is 2. The van der Waals surface area contributed by atoms with Gasteiger partial charge in [0.05, 0.1) is 18.4 Å². The normalized spacial score (nSPS) is 11.3. The van der Waals surface area contributed by atoms with E-state index in [2.05, 4.69) is 5.10 Å². The minimum absolute atomic E-state index is 0.168. The SMILES string of the molecule is COc1ccc(C(=O)Oc2cc(C(F)(F)F)nn2-c2ccc(C)cc2)cc1. The van der Waals surface area contributed by atoms with E-state index < -0.39 is 17.8 Å². The van der Waals surface area contributed by atoms with Gasteiger partial charge in [0.15, 0.2) is 5.69 Å². The fourth-order valence-electron chi connectivity index (χ4n) is 2.33. The summed E-state index contributed by atoms with van der Waals surface area (Å²) in [6.45, 7) is 1.85. The molecule has 27 heavy (non-hydrogen) atoms. The molecular formula is C19H15F3N2O3. The van der Waals surface area contributed by atoms with Crippen LogP contribution >= 0.6 is 0 Å². The van der Waals surface area contributed by atoms with Gasteiger partial charge in [0, 0.05) is 6.07 Å². The molecule has 1 aromatic heterocycles. The van der Waals surface area contributed by atoms with Gasteiger partial charge < -0.3 is 9.47 Å². The van der Waals surface area contributed by atoms with Crippen LogP contribution in [0.3, 0.4) is 0 Å². The third-order valence-corrected chi connectivity index (χ3v) is 3.77. The summed E-state index contributed by atoms with van der Waals surface area (Å²) in [4.78, 5) is 12.3. The second-order valence-electron chi connectivity index (χ2n) is 5.73. The second kappa shape index (κ2) is 7.14. The van der Waals surface area contributed by atoms with E-state index >= 15 is 0 Å². The van der Waals surface area contributed by atoms with Gasteiger partial charge in [-0.05, 0) is 43.3 Å². The lowest BCUT2D eigenvalue weighted by molar-refractivity contribution is -0.141. The first-order chi connectivity index (χ1) is 12.8. The number of hydrogen-bond donors (Lipinski definition) is 0. The summed E-state index contributed by atoms with van der Waals surface area (Å²) in [5, 5.41) is 3.55. The highest BCUT2D eigenvalue weighted by Crippen LogP contribution is 2.32. The summed E-state index contributed by atoms with van der Waals surface area (Å²) >= 11 is 0. The molecule has 5 nitrogen and oxygen atoms in total. The van der Waals surface area contributed by atoms with Crippen molar-refractivity contribution in [3.63, 3.8) is 0 Å². The molecule has 0 aliphatic carbocycles. The fraction of sp³-hybridized carbons (Fsp3) is 0.158. The molecule has 0 saturated carbocycles. The van der Waals surface area contributed by atoms with Crippen molar-refractivity contribution in [3.05, 3.63) is 71.4 Å². The molecule has 0 aliphatic rings. The smallest absolute Gasteiger partial charge is 0.435 e. The monoisotopic (exact) mass is 376 g/mol. The number of carbonyl (C=O) groups is 1. The van der Waals surface area contributed by atoms with E-state index in [9.17, 15) is 18.0 Å². The zero-order chi connectivity index (χ0) is 19.6. The predicted octanol–water partition coefficient (Wildman–Crippen LogP) is 4.43. The minimum atomic E-state index is -4.67. The van der Waals surface area contributed by atoms with Crippen molar-refractivity contribution in [1.29, 1.82) is 0 Å². The quantitative estimate of drug-likeness (QED) is 0.633. The summed E-state index contributed by atoms with van der Waals surface area (Å²) in [6, 6.07) is 13.3. The highest BCUT2D eigenvalue weighted by atomic mass is 19.4. The van der Waals surface area contributed by atoms with Crippen LogP contribution in [-0.2, 0) is 6.18 Å². The topological polar surface area (TPSA) is 53.4 Å². The van der Waals surface area contributed by atoms with Crippen molar-refractivity contribution in [1.82, 2.24) is 9.78 Å². The van der Waals surface area contributed by atoms with Crippen LogP contribution in [0.2, 0.25) is 0 Å². The Labute approximate surface area is 152 Å². The molecule has 0 atom stereocenters. The maximum atomic E-state index is 13.1. The van der Waals surface area contributed by atoms with Crippen molar-refractivity contribution in [2.75, 3.05) is 7.11 Å². The van der Waals surface area contributed by atoms with E-state index in [1.54, 1.807) is 36.4 Å². The Balaban J connectivity index is 1.96. The molecule has 0 aliphatic heterocycles. The van der Waals surface area contributed by atoms with Crippen molar-refractivity contribution in [2.45, 2.75) is 13.1 Å². The summed E-state index contributed by atoms with van der Waals surface area (Å²) in [6.07, 6.45) is -4.67. The van der Waals surface area contributed by atoms with Gasteiger partial charge in [-0.25, -0.2) is 9.48 Å². The lowest BCUT2D eigenvalue weighted by Crippen LogP contribution is -2.12. The molecule has 0 saturated heterocycles. The molecule has 0 bridgehead atoms. The summed E-state index contributed by atoms with van der Waals surface area (Å²) in [5.74, 6) is -0.595. The Kier molecular flexibility index (Phi) is 4.89. The molecule has 3 rings (SSSR count). The van der Waals surface area contributed by atoms with Gasteiger partial charge in [-0.15, -0.1) is 0 Å². The zero-order valence-electron chi connectivity index (χ0n) is 14.4. The third-order valence-electron chi connectivity index (χ3n) is 3.77. The first kappa shape index (κ1) is 18.5. The zero-order valence-corrected chi connectivity index (χ0v) is 14.4. The molecule has 1 heterocycles. The molecular weight excluding hydrogens is 361 g/mol. The number of aryl methyl sites for hydroxylation is 1. The Bertz CT molecular complexity index is 946. The van der Waals surface area contributed by atoms with Crippen LogP contribution in [0.4, 0.5) is 13.2 Å². The van der Waals surface area contributed by atoms with Crippen LogP contribution in [0.25, 0.3) is 5.69 Å². The van der Waals surface area contributed by atoms with Crippen LogP contribution in [0.5, 0.6) is 11.6 Å². The fourth-order valence-corrected chi connectivity index (χ4v) is 2.33. The van der Waals surface area contributed by atoms with Crippen LogP contribution in [0, 0.1) is 6.92 Å². The number of esters is 1. The number of ether oxygens (including phenoxy) is 2. The van der Waals surface area contributed by atoms with E-state index in [1.165, 1.54) is 19.2 Å². The lowest BCUT2D eigenvalue weighted by Gasteiger charge is -2.08. The molecule has 0 spiro atoms. The van der Waals surface area contributed by atoms with Gasteiger partial charge in [-0.2, -0.15) is 18.3 Å². The molecule has 0 unspecified atom stereocenters. The maximum Gasteiger partial charge on any atom is 0.435 e. The van der Waals surface area contributed by atoms with Gasteiger partial charge >= 0.3 is 12.1 Å². The summed E-state index contributed by atoms with van der Waals surface area (Å²) in [7, 11) is 1.48. The van der Waals surface area contributed by atoms with Crippen LogP contribution < -0.4 is 9.47 Å². The molecule has 0 radical (unpaired) electrons. The summed E-state index contributed by atoms with van der Waals surface area (Å²) in [5.41, 5.74) is 0.286. The first-order valence-corrected chi connectivity index (χ1v) is 7.88. The molecule has 3 aromatic rings. The number of rotatable bonds is 4. The average molecular weight is 376 g/mol. The molecule has 140 valence electrons. The summed E-state index contributed by atoms with van der Waals surface area (Å²) < 4.78 is 50.4. The number of carbonyl (C=O) groups excluding carboxylic acids is 1. The molecule has 0 fully saturated rings. The highest BCUT2D eigenvalue weighted by Gasteiger charge is 2.36. The molecule has 0 amide bonds. The van der Waals surface area contributed by atoms with Gasteiger partial charge in [0.2, 0.25) is 5.88 Å². The Morgan fingerprint density at radius 1 is 1.04 bits per heavy atom. The number of nitrogens with zero attached hydrogens (tertiary/aromatic N) is 2. The van der Waals surface area contributed by atoms with Gasteiger partial charge in [-0.1, -0.05) is 17.7 Å². The number of methoxy groups -OCH3 is 1. The lowest BCUT2D eigenvalue weighted by atomic mass is 10.2. The van der Waals surface area contributed by atoms with Gasteiger partial charge in [0.25, 0.3) is 0 Å². The van der Waals surface area contributed by atoms with Crippen molar-refractivity contribution >= 4 is 5.97 Å². The molecule has 8 heteroatoms. The largest absolute Gasteiger partial charge is 0.497 e. The number of alkyl halides is 3. The van der Waals surface area contributed by atoms with E-state index in [0.717, 1.165) is 10.2 Å². The van der Waals surface area contributed by atoms with E-state index in [4.69, 9.17) is 9.47 Å². The third kappa shape index (κ3) is 4.11. The standard InChI is InChI=1S/C19H15F3N2O3/c1-12-3-7-14(8-4-12)24-17(11-16(23-24)19(20,21)22)27-18(25)13-5-9-15(26-2)10-6-13/h3-11H,1-2H3. The number of halogens is 3. The molecule has 0 N–H and O–H groups in total. The number of hydrogen-bond acceptors (Lipinski definition) is 4. The minimum Gasteiger partial charge on any atom is -0.497 e. The average Bonchev–Trinajstić information content (AvgIpc) is 3.06. The second-order valence-corrected chi connectivity index (χ2v) is 5.73. The Morgan fingerprint density at radius 2 is 1.67 bits per heavy atom. The van der Waals surface area contributed by atoms with Crippen LogP contribution in [0.15, 0.2) is 54.6 Å².